The molecular weight excluding hydrogens is 350 g/mol. The lowest BCUT2D eigenvalue weighted by atomic mass is 10.0. The Balaban J connectivity index is 1.51. The molecule has 3 aliphatic rings. The summed E-state index contributed by atoms with van der Waals surface area (Å²) in [6.07, 6.45) is 7.53. The fourth-order valence-corrected chi connectivity index (χ4v) is 4.03. The van der Waals surface area contributed by atoms with E-state index in [1.807, 2.05) is 24.5 Å². The number of piperidine rings is 1. The molecule has 3 aliphatic heterocycles. The quantitative estimate of drug-likeness (QED) is 0.591. The molecular formula is C19H25N3O3S. The Morgan fingerprint density at radius 3 is 2.31 bits per heavy atom. The highest BCUT2D eigenvalue weighted by molar-refractivity contribution is 7.81. The number of nitrogens with zero attached hydrogens (tertiary/aromatic N) is 3. The van der Waals surface area contributed by atoms with E-state index < -0.39 is 0 Å². The Bertz CT molecular complexity index is 645. The van der Waals surface area contributed by atoms with E-state index in [0.29, 0.717) is 13.2 Å². The summed E-state index contributed by atoms with van der Waals surface area (Å²) in [5.74, 6) is -0.378. The first-order valence-electron chi connectivity index (χ1n) is 9.27. The second kappa shape index (κ2) is 8.00. The van der Waals surface area contributed by atoms with Crippen molar-refractivity contribution in [2.45, 2.75) is 18.6 Å². The van der Waals surface area contributed by atoms with Gasteiger partial charge < -0.3 is 24.0 Å². The normalized spacial score (nSPS) is 23.5. The Morgan fingerprint density at radius 1 is 1.00 bits per heavy atom. The Kier molecular flexibility index (Phi) is 5.49. The monoisotopic (exact) mass is 375 g/mol. The van der Waals surface area contributed by atoms with E-state index >= 15 is 0 Å². The van der Waals surface area contributed by atoms with Crippen molar-refractivity contribution in [2.75, 3.05) is 52.6 Å². The number of aromatic nitrogens is 1. The molecule has 7 heteroatoms. The number of rotatable bonds is 3. The van der Waals surface area contributed by atoms with Crippen molar-refractivity contribution in [2.24, 2.45) is 0 Å². The fourth-order valence-electron chi connectivity index (χ4n) is 3.68. The highest BCUT2D eigenvalue weighted by atomic mass is 32.1. The van der Waals surface area contributed by atoms with Gasteiger partial charge in [-0.15, -0.1) is 0 Å². The van der Waals surface area contributed by atoms with Crippen LogP contribution in [0.1, 0.15) is 18.4 Å². The summed E-state index contributed by atoms with van der Waals surface area (Å²) < 4.78 is 17.1. The third-order valence-corrected chi connectivity index (χ3v) is 5.68. The van der Waals surface area contributed by atoms with Gasteiger partial charge in [-0.1, -0.05) is 12.2 Å². The van der Waals surface area contributed by atoms with Gasteiger partial charge in [-0.05, 0) is 17.7 Å². The molecule has 0 aromatic carbocycles. The molecule has 0 amide bonds. The maximum Gasteiger partial charge on any atom is 0.171 e. The molecule has 1 spiro atoms. The Labute approximate surface area is 159 Å². The minimum Gasteiger partial charge on any atom is -0.378 e. The van der Waals surface area contributed by atoms with E-state index in [4.69, 9.17) is 26.4 Å². The van der Waals surface area contributed by atoms with Crippen LogP contribution in [0.4, 0.5) is 0 Å². The van der Waals surface area contributed by atoms with E-state index in [2.05, 4.69) is 21.0 Å². The van der Waals surface area contributed by atoms with Crippen LogP contribution in [0.5, 0.6) is 0 Å². The number of hydrogen-bond acceptors (Lipinski definition) is 6. The van der Waals surface area contributed by atoms with Gasteiger partial charge in [0.15, 0.2) is 5.79 Å². The molecule has 1 aromatic rings. The van der Waals surface area contributed by atoms with Crippen LogP contribution in [-0.2, 0) is 14.2 Å². The average molecular weight is 375 g/mol. The van der Waals surface area contributed by atoms with Gasteiger partial charge in [0.2, 0.25) is 0 Å². The smallest absolute Gasteiger partial charge is 0.171 e. The van der Waals surface area contributed by atoms with Crippen molar-refractivity contribution in [3.05, 3.63) is 36.3 Å². The van der Waals surface area contributed by atoms with Crippen molar-refractivity contribution in [1.29, 1.82) is 0 Å². The maximum atomic E-state index is 5.91. The predicted octanol–water partition coefficient (Wildman–Crippen LogP) is 1.92. The van der Waals surface area contributed by atoms with Crippen LogP contribution in [0.3, 0.4) is 0 Å². The molecule has 1 aromatic heterocycles. The third-order valence-electron chi connectivity index (χ3n) is 5.21. The number of thiocarbonyl (C=S) groups is 1. The summed E-state index contributed by atoms with van der Waals surface area (Å²) >= 11 is 5.91. The number of morpholine rings is 1. The van der Waals surface area contributed by atoms with Gasteiger partial charge in [-0.3, -0.25) is 4.98 Å². The van der Waals surface area contributed by atoms with Gasteiger partial charge in [0.05, 0.1) is 26.4 Å². The van der Waals surface area contributed by atoms with Crippen LogP contribution in [0.15, 0.2) is 30.7 Å². The molecule has 26 heavy (non-hydrogen) atoms. The average Bonchev–Trinajstić information content (AvgIpc) is 3.16. The van der Waals surface area contributed by atoms with Crippen LogP contribution < -0.4 is 0 Å². The molecule has 4 rings (SSSR count). The summed E-state index contributed by atoms with van der Waals surface area (Å²) in [5, 5.41) is 0. The zero-order valence-corrected chi connectivity index (χ0v) is 15.7. The first-order valence-corrected chi connectivity index (χ1v) is 9.68. The molecule has 0 aliphatic carbocycles. The lowest BCUT2D eigenvalue weighted by Gasteiger charge is -2.39. The van der Waals surface area contributed by atoms with Crippen LogP contribution in [-0.4, -0.2) is 78.2 Å². The summed E-state index contributed by atoms with van der Waals surface area (Å²) in [6, 6.07) is 4.04. The molecule has 0 unspecified atom stereocenters. The third kappa shape index (κ3) is 3.91. The molecule has 0 radical (unpaired) electrons. The first kappa shape index (κ1) is 17.9. The molecule has 3 fully saturated rings. The van der Waals surface area contributed by atoms with Crippen molar-refractivity contribution in [3.8, 4) is 0 Å². The topological polar surface area (TPSA) is 47.1 Å². The van der Waals surface area contributed by atoms with Gasteiger partial charge in [0.1, 0.15) is 4.99 Å². The second-order valence-electron chi connectivity index (χ2n) is 6.83. The van der Waals surface area contributed by atoms with Crippen LogP contribution in [0, 0.1) is 0 Å². The molecule has 0 bridgehead atoms. The minimum atomic E-state index is -0.378. The summed E-state index contributed by atoms with van der Waals surface area (Å²) in [7, 11) is 0. The molecule has 0 N–H and O–H groups in total. The largest absolute Gasteiger partial charge is 0.378 e. The fraction of sp³-hybridized carbons (Fsp3) is 0.579. The van der Waals surface area contributed by atoms with Gasteiger partial charge in [0, 0.05) is 63.2 Å². The maximum absolute atomic E-state index is 5.91. The van der Waals surface area contributed by atoms with Gasteiger partial charge in [0.25, 0.3) is 0 Å². The van der Waals surface area contributed by atoms with Gasteiger partial charge >= 0.3 is 0 Å². The second-order valence-corrected chi connectivity index (χ2v) is 7.21. The van der Waals surface area contributed by atoms with Crippen molar-refractivity contribution in [1.82, 2.24) is 14.8 Å². The lowest BCUT2D eigenvalue weighted by Crippen LogP contribution is -2.47. The summed E-state index contributed by atoms with van der Waals surface area (Å²) in [6.45, 7) is 6.40. The Morgan fingerprint density at radius 2 is 1.65 bits per heavy atom. The minimum absolute atomic E-state index is 0.378. The van der Waals surface area contributed by atoms with E-state index in [9.17, 15) is 0 Å². The molecule has 0 atom stereocenters. The van der Waals surface area contributed by atoms with E-state index in [-0.39, 0.29) is 5.79 Å². The molecule has 0 saturated carbocycles. The van der Waals surface area contributed by atoms with Crippen molar-refractivity contribution < 1.29 is 14.2 Å². The van der Waals surface area contributed by atoms with E-state index in [1.165, 1.54) is 0 Å². The molecule has 4 heterocycles. The zero-order valence-electron chi connectivity index (χ0n) is 14.9. The molecule has 3 saturated heterocycles. The van der Waals surface area contributed by atoms with Crippen LogP contribution in [0.25, 0.3) is 5.57 Å². The molecule has 140 valence electrons. The highest BCUT2D eigenvalue weighted by Gasteiger charge is 2.40. The summed E-state index contributed by atoms with van der Waals surface area (Å²) in [5.41, 5.74) is 2.18. The number of hydrogen-bond donors (Lipinski definition) is 0. The van der Waals surface area contributed by atoms with E-state index in [1.54, 1.807) is 0 Å². The van der Waals surface area contributed by atoms with Crippen molar-refractivity contribution >= 4 is 22.8 Å². The summed E-state index contributed by atoms with van der Waals surface area (Å²) in [4.78, 5) is 9.60. The van der Waals surface area contributed by atoms with Crippen molar-refractivity contribution in [3.63, 3.8) is 0 Å². The Hall–Kier alpha value is -1.54. The standard InChI is InChI=1S/C19H25N3O3S/c26-18(22-7-3-19(4-8-22)24-13-14-25-19)17(16-1-5-20-6-2-16)15-21-9-11-23-12-10-21/h1-2,5-6,15H,3-4,7-14H2/b17-15+. The number of likely N-dealkylation sites (tertiary alicyclic amines) is 1. The number of pyridine rings is 1. The highest BCUT2D eigenvalue weighted by Crippen LogP contribution is 2.32. The lowest BCUT2D eigenvalue weighted by molar-refractivity contribution is -0.180. The first-order chi connectivity index (χ1) is 12.8. The van der Waals surface area contributed by atoms with Gasteiger partial charge in [-0.2, -0.15) is 0 Å². The van der Waals surface area contributed by atoms with Gasteiger partial charge in [-0.25, -0.2) is 0 Å². The van der Waals surface area contributed by atoms with Crippen LogP contribution in [0.2, 0.25) is 0 Å². The number of ether oxygens (including phenoxy) is 3. The molecule has 6 nitrogen and oxygen atoms in total. The van der Waals surface area contributed by atoms with E-state index in [0.717, 1.165) is 68.4 Å². The van der Waals surface area contributed by atoms with Crippen LogP contribution >= 0.6 is 12.2 Å². The predicted molar refractivity (Wildman–Crippen MR) is 103 cm³/mol. The SMILES string of the molecule is S=C(/C(=C/N1CCOCC1)c1ccncc1)N1CCC2(CC1)OCCO2. The zero-order chi connectivity index (χ0) is 17.8.